The van der Waals surface area contributed by atoms with Gasteiger partial charge in [-0.25, -0.2) is 0 Å². The van der Waals surface area contributed by atoms with Gasteiger partial charge in [0.05, 0.1) is 11.1 Å². The number of halogens is 6. The van der Waals surface area contributed by atoms with E-state index < -0.39 is 23.5 Å². The topological polar surface area (TPSA) is 0 Å². The molecule has 0 N–H and O–H groups in total. The second-order valence-corrected chi connectivity index (χ2v) is 7.34. The first-order chi connectivity index (χ1) is 8.85. The lowest BCUT2D eigenvalue weighted by molar-refractivity contribution is -0.142. The third kappa shape index (κ3) is 4.65. The van der Waals surface area contributed by atoms with Crippen LogP contribution in [0, 0.1) is 0 Å². The molecule has 0 saturated heterocycles. The zero-order chi connectivity index (χ0) is 15.8. The minimum Gasteiger partial charge on any atom is -0.166 e. The Bertz CT molecular complexity index is 440. The molecule has 0 radical (unpaired) electrons. The van der Waals surface area contributed by atoms with Gasteiger partial charge in [0, 0.05) is 0 Å². The van der Waals surface area contributed by atoms with Crippen LogP contribution in [0.15, 0.2) is 18.2 Å². The smallest absolute Gasteiger partial charge is 0.166 e. The molecule has 0 nitrogen and oxygen atoms in total. The Balaban J connectivity index is 3.32. The van der Waals surface area contributed by atoms with E-state index in [1.165, 1.54) is 0 Å². The standard InChI is InChI=1S/C13H15F6P/c1-4-11(2,3)20-10-6-8(12(14,15)16)5-9(7-10)13(17,18)19/h5-7,20H,4H2,1-3H3. The van der Waals surface area contributed by atoms with Crippen molar-refractivity contribution < 1.29 is 26.3 Å². The van der Waals surface area contributed by atoms with Crippen molar-refractivity contribution in [1.82, 2.24) is 0 Å². The highest BCUT2D eigenvalue weighted by molar-refractivity contribution is 7.48. The van der Waals surface area contributed by atoms with Crippen LogP contribution in [-0.4, -0.2) is 5.16 Å². The van der Waals surface area contributed by atoms with E-state index in [9.17, 15) is 26.3 Å². The van der Waals surface area contributed by atoms with E-state index in [1.54, 1.807) is 0 Å². The van der Waals surface area contributed by atoms with Gasteiger partial charge in [0.2, 0.25) is 0 Å². The van der Waals surface area contributed by atoms with Crippen LogP contribution in [-0.2, 0) is 12.4 Å². The number of hydrogen-bond acceptors (Lipinski definition) is 0. The maximum Gasteiger partial charge on any atom is 0.416 e. The second kappa shape index (κ2) is 5.55. The van der Waals surface area contributed by atoms with Crippen molar-refractivity contribution in [1.29, 1.82) is 0 Å². The summed E-state index contributed by atoms with van der Waals surface area (Å²) in [7, 11) is -0.118. The Morgan fingerprint density at radius 2 is 1.25 bits per heavy atom. The summed E-state index contributed by atoms with van der Waals surface area (Å²) in [6.07, 6.45) is -8.89. The molecular weight excluding hydrogens is 301 g/mol. The van der Waals surface area contributed by atoms with Crippen molar-refractivity contribution in [3.8, 4) is 0 Å². The molecule has 0 aliphatic carbocycles. The summed E-state index contributed by atoms with van der Waals surface area (Å²) >= 11 is 0. The molecule has 0 heterocycles. The van der Waals surface area contributed by atoms with E-state index >= 15 is 0 Å². The van der Waals surface area contributed by atoms with Gasteiger partial charge < -0.3 is 0 Å². The molecule has 0 aliphatic rings. The summed E-state index contributed by atoms with van der Waals surface area (Å²) in [6.45, 7) is 5.49. The van der Waals surface area contributed by atoms with Crippen LogP contribution >= 0.6 is 8.58 Å². The van der Waals surface area contributed by atoms with Crippen molar-refractivity contribution in [2.24, 2.45) is 0 Å². The van der Waals surface area contributed by atoms with Gasteiger partial charge in [0.15, 0.2) is 0 Å². The second-order valence-electron chi connectivity index (χ2n) is 5.16. The highest BCUT2D eigenvalue weighted by Crippen LogP contribution is 2.39. The minimum absolute atomic E-state index is 0.0824. The highest BCUT2D eigenvalue weighted by Gasteiger charge is 2.37. The first-order valence-corrected chi connectivity index (χ1v) is 6.93. The maximum atomic E-state index is 12.7. The fourth-order valence-electron chi connectivity index (χ4n) is 1.51. The first-order valence-electron chi connectivity index (χ1n) is 5.93. The van der Waals surface area contributed by atoms with Gasteiger partial charge in [-0.1, -0.05) is 29.4 Å². The van der Waals surface area contributed by atoms with Gasteiger partial charge in [0.25, 0.3) is 0 Å². The number of rotatable bonds is 3. The molecule has 0 spiro atoms. The average Bonchev–Trinajstić information content (AvgIpc) is 2.25. The summed E-state index contributed by atoms with van der Waals surface area (Å²) in [5.41, 5.74) is -2.50. The first kappa shape index (κ1) is 17.3. The normalized spacial score (nSPS) is 14.2. The molecule has 1 atom stereocenters. The molecule has 0 aromatic heterocycles. The SMILES string of the molecule is CCC(C)(C)Pc1cc(C(F)(F)F)cc(C(F)(F)F)c1. The summed E-state index contributed by atoms with van der Waals surface area (Å²) in [4.78, 5) is 0. The van der Waals surface area contributed by atoms with Gasteiger partial charge in [-0.3, -0.25) is 0 Å². The van der Waals surface area contributed by atoms with Crippen LogP contribution in [0.4, 0.5) is 26.3 Å². The molecule has 0 saturated carbocycles. The van der Waals surface area contributed by atoms with Gasteiger partial charge in [-0.15, -0.1) is 0 Å². The lowest BCUT2D eigenvalue weighted by Gasteiger charge is -2.24. The molecule has 0 fully saturated rings. The quantitative estimate of drug-likeness (QED) is 0.530. The monoisotopic (exact) mass is 316 g/mol. The molecule has 1 unspecified atom stereocenters. The molecule has 1 aromatic carbocycles. The lowest BCUT2D eigenvalue weighted by atomic mass is 10.1. The van der Waals surface area contributed by atoms with E-state index in [-0.39, 0.29) is 25.1 Å². The van der Waals surface area contributed by atoms with Crippen molar-refractivity contribution in [2.45, 2.75) is 44.7 Å². The van der Waals surface area contributed by atoms with Gasteiger partial charge in [0.1, 0.15) is 0 Å². The van der Waals surface area contributed by atoms with Crippen LogP contribution in [0.3, 0.4) is 0 Å². The van der Waals surface area contributed by atoms with Crippen molar-refractivity contribution >= 4 is 13.9 Å². The number of alkyl halides is 6. The zero-order valence-corrected chi connectivity index (χ0v) is 12.2. The van der Waals surface area contributed by atoms with E-state index in [0.29, 0.717) is 6.42 Å². The van der Waals surface area contributed by atoms with Gasteiger partial charge in [-0.2, -0.15) is 26.3 Å². The van der Waals surface area contributed by atoms with Crippen molar-refractivity contribution in [2.75, 3.05) is 0 Å². The Labute approximate surface area is 115 Å². The summed E-state index contributed by atoms with van der Waals surface area (Å²) in [5.74, 6) is 0. The maximum absolute atomic E-state index is 12.7. The summed E-state index contributed by atoms with van der Waals surface area (Å²) in [6, 6.07) is 1.78. The number of hydrogen-bond donors (Lipinski definition) is 0. The molecule has 114 valence electrons. The van der Waals surface area contributed by atoms with Crippen LogP contribution < -0.4 is 5.30 Å². The third-order valence-corrected chi connectivity index (χ3v) is 4.56. The molecule has 0 bridgehead atoms. The Morgan fingerprint density at radius 3 is 1.55 bits per heavy atom. The molecular formula is C13H15F6P. The van der Waals surface area contributed by atoms with Crippen LogP contribution in [0.1, 0.15) is 38.3 Å². The molecule has 20 heavy (non-hydrogen) atoms. The molecule has 0 amide bonds. The predicted octanol–water partition coefficient (Wildman–Crippen LogP) is 5.22. The average molecular weight is 316 g/mol. The zero-order valence-electron chi connectivity index (χ0n) is 11.2. The Hall–Kier alpha value is -0.770. The minimum atomic E-state index is -4.78. The Kier molecular flexibility index (Phi) is 4.79. The van der Waals surface area contributed by atoms with E-state index in [0.717, 1.165) is 12.1 Å². The molecule has 1 aromatic rings. The van der Waals surface area contributed by atoms with Gasteiger partial charge in [-0.05, 0) is 35.1 Å². The fraction of sp³-hybridized carbons (Fsp3) is 0.538. The highest BCUT2D eigenvalue weighted by atomic mass is 31.1. The largest absolute Gasteiger partial charge is 0.416 e. The summed E-state index contributed by atoms with van der Waals surface area (Å²) in [5, 5.41) is -0.244. The molecule has 0 aliphatic heterocycles. The van der Waals surface area contributed by atoms with Crippen LogP contribution in [0.25, 0.3) is 0 Å². The molecule has 1 rings (SSSR count). The van der Waals surface area contributed by atoms with E-state index in [1.807, 2.05) is 20.8 Å². The predicted molar refractivity (Wildman–Crippen MR) is 68.8 cm³/mol. The van der Waals surface area contributed by atoms with Gasteiger partial charge >= 0.3 is 12.4 Å². The van der Waals surface area contributed by atoms with Crippen molar-refractivity contribution in [3.63, 3.8) is 0 Å². The lowest BCUT2D eigenvalue weighted by Crippen LogP contribution is -2.19. The third-order valence-electron chi connectivity index (χ3n) is 2.95. The van der Waals surface area contributed by atoms with E-state index in [2.05, 4.69) is 0 Å². The molecule has 7 heteroatoms. The van der Waals surface area contributed by atoms with E-state index in [4.69, 9.17) is 0 Å². The Morgan fingerprint density at radius 1 is 0.850 bits per heavy atom. The number of benzene rings is 1. The van der Waals surface area contributed by atoms with Crippen LogP contribution in [0.5, 0.6) is 0 Å². The fourth-order valence-corrected chi connectivity index (χ4v) is 2.92. The van der Waals surface area contributed by atoms with Crippen molar-refractivity contribution in [3.05, 3.63) is 29.3 Å². The van der Waals surface area contributed by atoms with Crippen LogP contribution in [0.2, 0.25) is 0 Å². The summed E-state index contributed by atoms with van der Waals surface area (Å²) < 4.78 is 76.1.